The van der Waals surface area contributed by atoms with E-state index in [9.17, 15) is 13.2 Å². The van der Waals surface area contributed by atoms with Gasteiger partial charge in [-0.25, -0.2) is 18.6 Å². The van der Waals surface area contributed by atoms with Crippen molar-refractivity contribution in [2.45, 2.75) is 25.9 Å². The van der Waals surface area contributed by atoms with Gasteiger partial charge in [-0.1, -0.05) is 17.7 Å². The molecule has 0 radical (unpaired) electrons. The number of hydrogen-bond donors (Lipinski definition) is 2. The summed E-state index contributed by atoms with van der Waals surface area (Å²) in [6, 6.07) is 0.920. The molecule has 0 aliphatic rings. The summed E-state index contributed by atoms with van der Waals surface area (Å²) < 4.78 is 42.0. The number of aromatic nitrogens is 2. The van der Waals surface area contributed by atoms with Crippen molar-refractivity contribution in [3.05, 3.63) is 52.1 Å². The zero-order valence-electron chi connectivity index (χ0n) is 11.4. The minimum absolute atomic E-state index is 0.0725. The van der Waals surface area contributed by atoms with Crippen LogP contribution in [0.25, 0.3) is 0 Å². The number of hydrogen-bond acceptors (Lipinski definition) is 3. The van der Waals surface area contributed by atoms with E-state index in [0.717, 1.165) is 12.1 Å². The molecule has 4 nitrogen and oxygen atoms in total. The van der Waals surface area contributed by atoms with E-state index in [1.54, 1.807) is 0 Å². The van der Waals surface area contributed by atoms with E-state index in [4.69, 9.17) is 17.4 Å². The Balaban J connectivity index is 2.61. The third-order valence-electron chi connectivity index (χ3n) is 3.09. The molecule has 1 aromatic carbocycles. The van der Waals surface area contributed by atoms with Gasteiger partial charge in [0.15, 0.2) is 17.5 Å². The van der Waals surface area contributed by atoms with Gasteiger partial charge in [0.25, 0.3) is 0 Å². The number of hydrazine groups is 1. The second kappa shape index (κ2) is 6.05. The number of nitrogens with zero attached hydrogens (tertiary/aromatic N) is 2. The van der Waals surface area contributed by atoms with Crippen LogP contribution in [-0.4, -0.2) is 9.78 Å². The van der Waals surface area contributed by atoms with Crippen LogP contribution in [0.15, 0.2) is 18.3 Å². The minimum atomic E-state index is -1.56. The highest BCUT2D eigenvalue weighted by Crippen LogP contribution is 2.32. The van der Waals surface area contributed by atoms with E-state index in [2.05, 4.69) is 10.5 Å². The third kappa shape index (κ3) is 2.76. The number of rotatable bonds is 4. The molecule has 0 bridgehead atoms. The summed E-state index contributed by atoms with van der Waals surface area (Å²) in [5.41, 5.74) is 2.59. The molecular weight excluding hydrogens is 305 g/mol. The Labute approximate surface area is 124 Å². The maximum Gasteiger partial charge on any atom is 0.194 e. The first-order chi connectivity index (χ1) is 9.88. The highest BCUT2D eigenvalue weighted by Gasteiger charge is 2.27. The van der Waals surface area contributed by atoms with Crippen molar-refractivity contribution in [1.82, 2.24) is 15.2 Å². The molecule has 0 spiro atoms. The van der Waals surface area contributed by atoms with Crippen molar-refractivity contribution < 1.29 is 13.2 Å². The van der Waals surface area contributed by atoms with E-state index < -0.39 is 23.5 Å². The second-order valence-corrected chi connectivity index (χ2v) is 5.19. The predicted octanol–water partition coefficient (Wildman–Crippen LogP) is 3.09. The van der Waals surface area contributed by atoms with Crippen LogP contribution in [0.4, 0.5) is 13.2 Å². The second-order valence-electron chi connectivity index (χ2n) is 4.78. The number of halogens is 4. The largest absolute Gasteiger partial charge is 0.271 e. The molecule has 0 aliphatic carbocycles. The lowest BCUT2D eigenvalue weighted by molar-refractivity contribution is 0.424. The monoisotopic (exact) mass is 318 g/mol. The Morgan fingerprint density at radius 1 is 1.24 bits per heavy atom. The Hall–Kier alpha value is -1.57. The molecule has 3 N–H and O–H groups in total. The molecule has 8 heteroatoms. The summed E-state index contributed by atoms with van der Waals surface area (Å²) in [6.45, 7) is 3.70. The van der Waals surface area contributed by atoms with Crippen LogP contribution in [0.2, 0.25) is 5.02 Å². The highest BCUT2D eigenvalue weighted by atomic mass is 35.5. The maximum absolute atomic E-state index is 14.0. The first-order valence-corrected chi connectivity index (χ1v) is 6.58. The van der Waals surface area contributed by atoms with Gasteiger partial charge in [0, 0.05) is 11.6 Å². The van der Waals surface area contributed by atoms with Crippen molar-refractivity contribution in [3.63, 3.8) is 0 Å². The fourth-order valence-corrected chi connectivity index (χ4v) is 2.35. The average Bonchev–Trinajstić information content (AvgIpc) is 2.82. The predicted molar refractivity (Wildman–Crippen MR) is 73.1 cm³/mol. The molecule has 0 aliphatic heterocycles. The summed E-state index contributed by atoms with van der Waals surface area (Å²) in [5.74, 6) is 1.32. The highest BCUT2D eigenvalue weighted by molar-refractivity contribution is 6.31. The molecule has 0 amide bonds. The lowest BCUT2D eigenvalue weighted by Crippen LogP contribution is -2.32. The van der Waals surface area contributed by atoms with Gasteiger partial charge in [-0.05, 0) is 19.9 Å². The molecule has 21 heavy (non-hydrogen) atoms. The molecule has 1 atom stereocenters. The Morgan fingerprint density at radius 2 is 1.90 bits per heavy atom. The normalized spacial score (nSPS) is 13.0. The lowest BCUT2D eigenvalue weighted by atomic mass is 10.0. The summed E-state index contributed by atoms with van der Waals surface area (Å²) in [5, 5.41) is 4.32. The molecule has 1 unspecified atom stereocenters. The number of benzene rings is 1. The molecule has 2 aromatic rings. The van der Waals surface area contributed by atoms with Gasteiger partial charge in [0.2, 0.25) is 0 Å². The average molecular weight is 319 g/mol. The molecule has 2 rings (SSSR count). The van der Waals surface area contributed by atoms with Crippen LogP contribution in [0, 0.1) is 17.5 Å². The molecule has 1 aromatic heterocycles. The molecule has 0 saturated heterocycles. The fourth-order valence-electron chi connectivity index (χ4n) is 2.11. The lowest BCUT2D eigenvalue weighted by Gasteiger charge is -2.21. The SMILES string of the molecule is CC(C)n1ncc(Cl)c1C(NN)c1ccc(F)c(F)c1F. The van der Waals surface area contributed by atoms with Crippen molar-refractivity contribution in [2.24, 2.45) is 5.84 Å². The maximum atomic E-state index is 14.0. The molecule has 0 fully saturated rings. The van der Waals surface area contributed by atoms with Crippen LogP contribution in [0.1, 0.15) is 37.2 Å². The van der Waals surface area contributed by atoms with Crippen LogP contribution in [-0.2, 0) is 0 Å². The number of nitrogens with one attached hydrogen (secondary N) is 1. The number of nitrogens with two attached hydrogens (primary N) is 1. The fraction of sp³-hybridized carbons (Fsp3) is 0.308. The van der Waals surface area contributed by atoms with Gasteiger partial charge in [-0.2, -0.15) is 5.10 Å². The molecular formula is C13H14ClF3N4. The minimum Gasteiger partial charge on any atom is -0.271 e. The van der Waals surface area contributed by atoms with Crippen molar-refractivity contribution in [3.8, 4) is 0 Å². The van der Waals surface area contributed by atoms with Gasteiger partial charge >= 0.3 is 0 Å². The summed E-state index contributed by atoms with van der Waals surface area (Å²) in [6.07, 6.45) is 1.39. The molecule has 114 valence electrons. The Bertz CT molecular complexity index is 657. The van der Waals surface area contributed by atoms with Gasteiger partial charge in [0.05, 0.1) is 23.0 Å². The van der Waals surface area contributed by atoms with E-state index >= 15 is 0 Å². The molecule has 1 heterocycles. The zero-order valence-corrected chi connectivity index (χ0v) is 12.1. The standard InChI is InChI=1S/C13H14ClF3N4/c1-6(2)21-13(8(14)5-19-21)12(20-18)7-3-4-9(15)11(17)10(7)16/h3-6,12,20H,18H2,1-2H3. The van der Waals surface area contributed by atoms with Crippen molar-refractivity contribution in [1.29, 1.82) is 0 Å². The van der Waals surface area contributed by atoms with Crippen molar-refractivity contribution in [2.75, 3.05) is 0 Å². The van der Waals surface area contributed by atoms with Gasteiger partial charge < -0.3 is 0 Å². The first kappa shape index (κ1) is 15.8. The van der Waals surface area contributed by atoms with Gasteiger partial charge in [0.1, 0.15) is 0 Å². The van der Waals surface area contributed by atoms with Gasteiger partial charge in [-0.3, -0.25) is 10.5 Å². The van der Waals surface area contributed by atoms with E-state index in [1.165, 1.54) is 10.9 Å². The first-order valence-electron chi connectivity index (χ1n) is 6.20. The van der Waals surface area contributed by atoms with E-state index in [1.807, 2.05) is 13.8 Å². The van der Waals surface area contributed by atoms with Gasteiger partial charge in [-0.15, -0.1) is 0 Å². The third-order valence-corrected chi connectivity index (χ3v) is 3.38. The van der Waals surface area contributed by atoms with E-state index in [-0.39, 0.29) is 16.6 Å². The van der Waals surface area contributed by atoms with Crippen LogP contribution in [0.5, 0.6) is 0 Å². The zero-order chi connectivity index (χ0) is 15.7. The Morgan fingerprint density at radius 3 is 2.48 bits per heavy atom. The van der Waals surface area contributed by atoms with Crippen LogP contribution >= 0.6 is 11.6 Å². The Kier molecular flexibility index (Phi) is 4.55. The van der Waals surface area contributed by atoms with Crippen LogP contribution in [0.3, 0.4) is 0 Å². The smallest absolute Gasteiger partial charge is 0.194 e. The van der Waals surface area contributed by atoms with E-state index in [0.29, 0.717) is 5.69 Å². The summed E-state index contributed by atoms with van der Waals surface area (Å²) >= 11 is 6.07. The topological polar surface area (TPSA) is 55.9 Å². The molecule has 0 saturated carbocycles. The van der Waals surface area contributed by atoms with Crippen LogP contribution < -0.4 is 11.3 Å². The van der Waals surface area contributed by atoms with Crippen molar-refractivity contribution >= 4 is 11.6 Å². The quantitative estimate of drug-likeness (QED) is 0.517. The summed E-state index contributed by atoms with van der Waals surface area (Å²) in [7, 11) is 0. The summed E-state index contributed by atoms with van der Waals surface area (Å²) in [4.78, 5) is 0.